The Hall–Kier alpha value is -0.730. The Kier molecular flexibility index (Phi) is 5.34. The molecule has 0 radical (unpaired) electrons. The van der Waals surface area contributed by atoms with Gasteiger partial charge in [0.25, 0.3) is 0 Å². The summed E-state index contributed by atoms with van der Waals surface area (Å²) in [5.74, 6) is -2.20. The van der Waals surface area contributed by atoms with Gasteiger partial charge < -0.3 is 30.9 Å². The first-order valence-electron chi connectivity index (χ1n) is 6.59. The minimum atomic E-state index is -2.20. The molecule has 0 saturated carbocycles. The van der Waals surface area contributed by atoms with Gasteiger partial charge in [0.15, 0.2) is 5.79 Å². The summed E-state index contributed by atoms with van der Waals surface area (Å²) >= 11 is 0. The normalized spacial score (nSPS) is 39.5. The second-order valence-corrected chi connectivity index (χ2v) is 4.65. The first-order valence-corrected chi connectivity index (χ1v) is 6.01. The molecule has 1 aliphatic rings. The molecular formula is C13H20ClNO5. The van der Waals surface area contributed by atoms with Crippen molar-refractivity contribution in [1.82, 2.24) is 0 Å². The summed E-state index contributed by atoms with van der Waals surface area (Å²) in [6, 6.07) is 7.03. The molecule has 0 aromatic heterocycles. The van der Waals surface area contributed by atoms with Crippen LogP contribution in [0.1, 0.15) is 6.93 Å². The molecule has 6 N–H and O–H groups in total. The molecule has 114 valence electrons. The molecule has 0 aliphatic carbocycles. The van der Waals surface area contributed by atoms with Crippen LogP contribution in [0.4, 0.5) is 0 Å². The second kappa shape index (κ2) is 6.82. The fraction of sp³-hybridized carbons (Fsp3) is 0.538. The number of benzene rings is 1. The quantitative estimate of drug-likeness (QED) is 0.478. The van der Waals surface area contributed by atoms with Gasteiger partial charge in [-0.3, -0.25) is 0 Å². The number of aliphatic hydroxyl groups is 4. The third-order valence-electron chi connectivity index (χ3n) is 3.27. The summed E-state index contributed by atoms with van der Waals surface area (Å²) in [5, 5.41) is 39.3. The number of nitrogens with two attached hydrogens (primary N) is 1. The van der Waals surface area contributed by atoms with E-state index in [4.69, 9.17) is 16.9 Å². The Bertz CT molecular complexity index is 451. The van der Waals surface area contributed by atoms with Crippen LogP contribution < -0.4 is 5.73 Å². The molecule has 0 bridgehead atoms. The van der Waals surface area contributed by atoms with Gasteiger partial charge >= 0.3 is 0 Å². The maximum absolute atomic E-state index is 10.5. The summed E-state index contributed by atoms with van der Waals surface area (Å²) in [5.41, 5.74) is 6.17. The van der Waals surface area contributed by atoms with Crippen molar-refractivity contribution < 1.29 is 26.5 Å². The largest absolute Gasteiger partial charge is 0.394 e. The van der Waals surface area contributed by atoms with Crippen LogP contribution in [-0.2, 0) is 11.1 Å². The van der Waals surface area contributed by atoms with Crippen molar-refractivity contribution in [3.63, 3.8) is 0 Å². The van der Waals surface area contributed by atoms with Crippen molar-refractivity contribution in [3.05, 3.63) is 35.9 Å². The van der Waals surface area contributed by atoms with Crippen molar-refractivity contribution in [3.8, 4) is 0 Å². The van der Waals surface area contributed by atoms with Crippen LogP contribution in [0.15, 0.2) is 30.3 Å². The maximum Gasteiger partial charge on any atom is 0.188 e. The van der Waals surface area contributed by atoms with E-state index in [0.29, 0.717) is 5.56 Å². The standard InChI is InChI=1S/C13H19NO5.ClH/c14-12-11(17)10(16)9(7-15)19-13(12,18)6-8-4-2-1-3-5-8;/h1-5,9-12,15-18H,6-7,14H2;1H/t9-,10-,11+,12-,13?;/m1./s1/i6D;/t6?,9-,10-,11+,12-,13?;. The smallest absolute Gasteiger partial charge is 0.188 e. The predicted octanol–water partition coefficient (Wildman–Crippen LogP) is -1.22. The van der Waals surface area contributed by atoms with Crippen LogP contribution in [0.5, 0.6) is 0 Å². The summed E-state index contributed by atoms with van der Waals surface area (Å²) < 4.78 is 13.3. The van der Waals surface area contributed by atoms with Crippen LogP contribution >= 0.6 is 12.4 Å². The predicted molar refractivity (Wildman–Crippen MR) is 74.3 cm³/mol. The zero-order chi connectivity index (χ0) is 14.9. The van der Waals surface area contributed by atoms with Crippen molar-refractivity contribution in [1.29, 1.82) is 0 Å². The fourth-order valence-corrected chi connectivity index (χ4v) is 2.13. The lowest BCUT2D eigenvalue weighted by Crippen LogP contribution is -2.69. The Labute approximate surface area is 124 Å². The number of rotatable bonds is 3. The van der Waals surface area contributed by atoms with Gasteiger partial charge in [0.2, 0.25) is 0 Å². The van der Waals surface area contributed by atoms with E-state index in [2.05, 4.69) is 0 Å². The van der Waals surface area contributed by atoms with E-state index in [1.165, 1.54) is 0 Å². The fourth-order valence-electron chi connectivity index (χ4n) is 2.13. The summed E-state index contributed by atoms with van der Waals surface area (Å²) in [7, 11) is 0. The molecule has 1 aromatic carbocycles. The molecule has 6 nitrogen and oxygen atoms in total. The average molecular weight is 307 g/mol. The molecule has 7 heteroatoms. The molecule has 1 fully saturated rings. The number of aliphatic hydroxyl groups excluding tert-OH is 3. The van der Waals surface area contributed by atoms with Gasteiger partial charge in [-0.1, -0.05) is 30.3 Å². The van der Waals surface area contributed by atoms with E-state index in [1.807, 2.05) is 0 Å². The van der Waals surface area contributed by atoms with E-state index >= 15 is 0 Å². The van der Waals surface area contributed by atoms with Crippen LogP contribution in [0.3, 0.4) is 0 Å². The highest BCUT2D eigenvalue weighted by Crippen LogP contribution is 2.29. The first kappa shape index (κ1) is 15.7. The molecule has 0 spiro atoms. The average Bonchev–Trinajstić information content (AvgIpc) is 2.49. The minimum absolute atomic E-state index is 0. The van der Waals surface area contributed by atoms with E-state index in [1.54, 1.807) is 30.3 Å². The van der Waals surface area contributed by atoms with Gasteiger partial charge in [0.05, 0.1) is 12.6 Å². The topological polar surface area (TPSA) is 116 Å². The molecular weight excluding hydrogens is 286 g/mol. The Morgan fingerprint density at radius 1 is 1.25 bits per heavy atom. The molecule has 20 heavy (non-hydrogen) atoms. The zero-order valence-electron chi connectivity index (χ0n) is 11.7. The third kappa shape index (κ3) is 3.29. The molecule has 2 rings (SSSR count). The van der Waals surface area contributed by atoms with Gasteiger partial charge in [-0.2, -0.15) is 0 Å². The van der Waals surface area contributed by atoms with Crippen molar-refractivity contribution >= 4 is 12.4 Å². The summed E-state index contributed by atoms with van der Waals surface area (Å²) in [6.07, 6.45) is -5.40. The third-order valence-corrected chi connectivity index (χ3v) is 3.27. The number of ether oxygens (including phenoxy) is 1. The highest BCUT2D eigenvalue weighted by Gasteiger charge is 2.51. The Balaban J connectivity index is 0.00000220. The van der Waals surface area contributed by atoms with Crippen LogP contribution in [0, 0.1) is 0 Å². The van der Waals surface area contributed by atoms with Gasteiger partial charge in [-0.05, 0) is 5.56 Å². The Morgan fingerprint density at radius 2 is 1.85 bits per heavy atom. The zero-order valence-corrected chi connectivity index (χ0v) is 11.5. The SMILES string of the molecule is Cl.[2H]C(c1ccccc1)C1(O)O[C@H](CO)[C@@H](O)[C@H](O)[C@H]1N. The number of hydrogen-bond acceptors (Lipinski definition) is 6. The van der Waals surface area contributed by atoms with Gasteiger partial charge in [0, 0.05) is 7.77 Å². The lowest BCUT2D eigenvalue weighted by atomic mass is 9.87. The van der Waals surface area contributed by atoms with E-state index in [-0.39, 0.29) is 12.4 Å². The van der Waals surface area contributed by atoms with Crippen molar-refractivity contribution in [2.45, 2.75) is 36.5 Å². The molecule has 6 atom stereocenters. The van der Waals surface area contributed by atoms with Crippen LogP contribution in [0.25, 0.3) is 0 Å². The highest BCUT2D eigenvalue weighted by molar-refractivity contribution is 5.85. The van der Waals surface area contributed by atoms with Gasteiger partial charge in [-0.15, -0.1) is 12.4 Å². The Morgan fingerprint density at radius 3 is 2.40 bits per heavy atom. The van der Waals surface area contributed by atoms with E-state index in [9.17, 15) is 15.3 Å². The number of halogens is 1. The van der Waals surface area contributed by atoms with Gasteiger partial charge in [-0.25, -0.2) is 0 Å². The minimum Gasteiger partial charge on any atom is -0.394 e. The van der Waals surface area contributed by atoms with E-state index in [0.717, 1.165) is 0 Å². The monoisotopic (exact) mass is 306 g/mol. The van der Waals surface area contributed by atoms with Crippen molar-refractivity contribution in [2.24, 2.45) is 5.73 Å². The molecule has 1 aliphatic heterocycles. The first-order chi connectivity index (χ1) is 9.41. The second-order valence-electron chi connectivity index (χ2n) is 4.65. The van der Waals surface area contributed by atoms with Gasteiger partial charge in [0.1, 0.15) is 18.3 Å². The summed E-state index contributed by atoms with van der Waals surface area (Å²) in [4.78, 5) is 0. The van der Waals surface area contributed by atoms with Crippen LogP contribution in [-0.4, -0.2) is 57.2 Å². The molecule has 1 heterocycles. The van der Waals surface area contributed by atoms with Crippen molar-refractivity contribution in [2.75, 3.05) is 6.61 Å². The molecule has 2 unspecified atom stereocenters. The highest BCUT2D eigenvalue weighted by atomic mass is 35.5. The lowest BCUT2D eigenvalue weighted by Gasteiger charge is -2.46. The maximum atomic E-state index is 10.5. The number of hydrogen-bond donors (Lipinski definition) is 5. The molecule has 1 saturated heterocycles. The van der Waals surface area contributed by atoms with Crippen LogP contribution in [0.2, 0.25) is 0 Å². The lowest BCUT2D eigenvalue weighted by molar-refractivity contribution is -0.313. The molecule has 0 amide bonds. The molecule has 1 aromatic rings. The summed E-state index contributed by atoms with van der Waals surface area (Å²) in [6.45, 7) is -0.602. The van der Waals surface area contributed by atoms with E-state index < -0.39 is 43.1 Å².